The van der Waals surface area contributed by atoms with Crippen molar-refractivity contribution in [3.8, 4) is 0 Å². The molecule has 1 aromatic heterocycles. The third-order valence-corrected chi connectivity index (χ3v) is 1.06. The fourth-order valence-corrected chi connectivity index (χ4v) is 0.614. The summed E-state index contributed by atoms with van der Waals surface area (Å²) in [6.07, 6.45) is 2.78. The topological polar surface area (TPSA) is 29.0 Å². The summed E-state index contributed by atoms with van der Waals surface area (Å²) in [4.78, 5) is 8.77. The van der Waals surface area contributed by atoms with E-state index in [1.54, 1.807) is 19.0 Å². The molecule has 0 atom stereocenters. The SMILES string of the molecule is CN(C)c1nccnc1F. The Balaban J connectivity index is 3.03. The average Bonchev–Trinajstić information content (AvgIpc) is 1.88. The summed E-state index contributed by atoms with van der Waals surface area (Å²) in [7, 11) is 3.43. The number of rotatable bonds is 1. The molecule has 10 heavy (non-hydrogen) atoms. The van der Waals surface area contributed by atoms with Crippen LogP contribution in [-0.4, -0.2) is 24.1 Å². The van der Waals surface area contributed by atoms with Crippen LogP contribution in [0.4, 0.5) is 10.2 Å². The molecular weight excluding hydrogens is 133 g/mol. The van der Waals surface area contributed by atoms with Crippen LogP contribution >= 0.6 is 0 Å². The second-order valence-electron chi connectivity index (χ2n) is 2.07. The van der Waals surface area contributed by atoms with Gasteiger partial charge in [-0.2, -0.15) is 4.39 Å². The number of hydrogen-bond donors (Lipinski definition) is 0. The predicted octanol–water partition coefficient (Wildman–Crippen LogP) is 0.682. The van der Waals surface area contributed by atoms with Crippen molar-refractivity contribution in [2.45, 2.75) is 0 Å². The highest BCUT2D eigenvalue weighted by molar-refractivity contribution is 5.33. The molecule has 0 N–H and O–H groups in total. The van der Waals surface area contributed by atoms with Gasteiger partial charge >= 0.3 is 0 Å². The van der Waals surface area contributed by atoms with E-state index in [1.807, 2.05) is 0 Å². The highest BCUT2D eigenvalue weighted by Gasteiger charge is 2.03. The first-order valence-electron chi connectivity index (χ1n) is 2.85. The van der Waals surface area contributed by atoms with E-state index >= 15 is 0 Å². The van der Waals surface area contributed by atoms with E-state index in [0.29, 0.717) is 0 Å². The first kappa shape index (κ1) is 6.92. The van der Waals surface area contributed by atoms with E-state index in [2.05, 4.69) is 9.97 Å². The number of hydrogen-bond acceptors (Lipinski definition) is 3. The van der Waals surface area contributed by atoms with Crippen LogP contribution in [0.2, 0.25) is 0 Å². The summed E-state index contributed by atoms with van der Waals surface area (Å²) in [5.74, 6) is -0.269. The Morgan fingerprint density at radius 1 is 1.30 bits per heavy atom. The minimum Gasteiger partial charge on any atom is -0.359 e. The zero-order valence-electron chi connectivity index (χ0n) is 5.87. The van der Waals surface area contributed by atoms with E-state index in [9.17, 15) is 4.39 Å². The second-order valence-corrected chi connectivity index (χ2v) is 2.07. The first-order chi connectivity index (χ1) is 4.72. The summed E-state index contributed by atoms with van der Waals surface area (Å²) >= 11 is 0. The lowest BCUT2D eigenvalue weighted by Gasteiger charge is -2.09. The van der Waals surface area contributed by atoms with Crippen molar-refractivity contribution >= 4 is 5.82 Å². The number of halogens is 1. The minimum atomic E-state index is -0.535. The summed E-state index contributed by atoms with van der Waals surface area (Å²) in [6, 6.07) is 0. The molecule has 0 unspecified atom stereocenters. The van der Waals surface area contributed by atoms with Gasteiger partial charge in [0.15, 0.2) is 5.82 Å². The molecule has 0 fully saturated rings. The number of anilines is 1. The Labute approximate surface area is 58.5 Å². The molecule has 1 rings (SSSR count). The van der Waals surface area contributed by atoms with Gasteiger partial charge in [-0.3, -0.25) is 0 Å². The molecule has 0 spiro atoms. The van der Waals surface area contributed by atoms with Crippen LogP contribution in [0.25, 0.3) is 0 Å². The van der Waals surface area contributed by atoms with Crippen molar-refractivity contribution in [2.75, 3.05) is 19.0 Å². The van der Waals surface area contributed by atoms with Gasteiger partial charge in [0.1, 0.15) is 0 Å². The second kappa shape index (κ2) is 2.60. The van der Waals surface area contributed by atoms with Crippen molar-refractivity contribution in [1.29, 1.82) is 0 Å². The molecule has 1 aromatic rings. The van der Waals surface area contributed by atoms with Gasteiger partial charge in [-0.1, -0.05) is 0 Å². The lowest BCUT2D eigenvalue weighted by Crippen LogP contribution is -2.13. The maximum Gasteiger partial charge on any atom is 0.255 e. The molecule has 54 valence electrons. The third-order valence-electron chi connectivity index (χ3n) is 1.06. The summed E-state index contributed by atoms with van der Waals surface area (Å²) in [6.45, 7) is 0. The van der Waals surface area contributed by atoms with Crippen molar-refractivity contribution < 1.29 is 4.39 Å². The van der Waals surface area contributed by atoms with Crippen LogP contribution in [-0.2, 0) is 0 Å². The first-order valence-corrected chi connectivity index (χ1v) is 2.85. The van der Waals surface area contributed by atoms with E-state index in [-0.39, 0.29) is 5.82 Å². The molecule has 0 aliphatic carbocycles. The van der Waals surface area contributed by atoms with Crippen LogP contribution in [0.5, 0.6) is 0 Å². The number of aromatic nitrogens is 2. The summed E-state index contributed by atoms with van der Waals surface area (Å²) < 4.78 is 12.6. The monoisotopic (exact) mass is 141 g/mol. The van der Waals surface area contributed by atoms with Crippen molar-refractivity contribution in [2.24, 2.45) is 0 Å². The quantitative estimate of drug-likeness (QED) is 0.576. The maximum atomic E-state index is 12.6. The van der Waals surface area contributed by atoms with E-state index in [1.165, 1.54) is 12.4 Å². The Bertz CT molecular complexity index is 224. The molecule has 4 heteroatoms. The smallest absolute Gasteiger partial charge is 0.255 e. The fourth-order valence-electron chi connectivity index (χ4n) is 0.614. The molecule has 3 nitrogen and oxygen atoms in total. The van der Waals surface area contributed by atoms with Gasteiger partial charge in [0.25, 0.3) is 5.95 Å². The van der Waals surface area contributed by atoms with Gasteiger partial charge in [0.05, 0.1) is 0 Å². The predicted molar refractivity (Wildman–Crippen MR) is 36.3 cm³/mol. The van der Waals surface area contributed by atoms with Crippen LogP contribution < -0.4 is 4.90 Å². The maximum absolute atomic E-state index is 12.6. The molecule has 0 amide bonds. The van der Waals surface area contributed by atoms with Crippen LogP contribution in [0, 0.1) is 5.95 Å². The lowest BCUT2D eigenvalue weighted by molar-refractivity contribution is 0.575. The summed E-state index contributed by atoms with van der Waals surface area (Å²) in [5.41, 5.74) is 0. The Kier molecular flexibility index (Phi) is 1.80. The summed E-state index contributed by atoms with van der Waals surface area (Å²) in [5, 5.41) is 0. The normalized spacial score (nSPS) is 9.50. The molecular formula is C6H8FN3. The standard InChI is InChI=1S/C6H8FN3/c1-10(2)6-5(7)8-3-4-9-6/h3-4H,1-2H3. The van der Waals surface area contributed by atoms with Crippen molar-refractivity contribution in [3.05, 3.63) is 18.3 Å². The largest absolute Gasteiger partial charge is 0.359 e. The van der Waals surface area contributed by atoms with Gasteiger partial charge in [-0.25, -0.2) is 9.97 Å². The zero-order chi connectivity index (χ0) is 7.56. The Morgan fingerprint density at radius 3 is 2.30 bits per heavy atom. The zero-order valence-corrected chi connectivity index (χ0v) is 5.87. The van der Waals surface area contributed by atoms with E-state index in [4.69, 9.17) is 0 Å². The highest BCUT2D eigenvalue weighted by Crippen LogP contribution is 2.07. The molecule has 0 aliphatic rings. The van der Waals surface area contributed by atoms with E-state index in [0.717, 1.165) is 0 Å². The Hall–Kier alpha value is -1.19. The van der Waals surface area contributed by atoms with Crippen LogP contribution in [0.15, 0.2) is 12.4 Å². The molecule has 0 radical (unpaired) electrons. The van der Waals surface area contributed by atoms with Gasteiger partial charge in [0.2, 0.25) is 0 Å². The molecule has 0 saturated heterocycles. The third kappa shape index (κ3) is 1.21. The van der Waals surface area contributed by atoms with Gasteiger partial charge in [-0.05, 0) is 0 Å². The van der Waals surface area contributed by atoms with Crippen LogP contribution in [0.1, 0.15) is 0 Å². The number of nitrogens with zero attached hydrogens (tertiary/aromatic N) is 3. The Morgan fingerprint density at radius 2 is 1.90 bits per heavy atom. The van der Waals surface area contributed by atoms with Gasteiger partial charge in [0, 0.05) is 26.5 Å². The minimum absolute atomic E-state index is 0.266. The molecule has 0 saturated carbocycles. The fraction of sp³-hybridized carbons (Fsp3) is 0.333. The van der Waals surface area contributed by atoms with Crippen molar-refractivity contribution in [1.82, 2.24) is 9.97 Å². The van der Waals surface area contributed by atoms with Crippen molar-refractivity contribution in [3.63, 3.8) is 0 Å². The van der Waals surface area contributed by atoms with Gasteiger partial charge in [-0.15, -0.1) is 0 Å². The molecule has 0 bridgehead atoms. The molecule has 0 aromatic carbocycles. The van der Waals surface area contributed by atoms with E-state index < -0.39 is 5.95 Å². The lowest BCUT2D eigenvalue weighted by atomic mass is 10.6. The molecule has 1 heterocycles. The average molecular weight is 141 g/mol. The van der Waals surface area contributed by atoms with Gasteiger partial charge < -0.3 is 4.90 Å². The van der Waals surface area contributed by atoms with Crippen LogP contribution in [0.3, 0.4) is 0 Å². The molecule has 0 aliphatic heterocycles. The highest BCUT2D eigenvalue weighted by atomic mass is 19.1.